The molecule has 0 aromatic heterocycles. The molecule has 0 aromatic rings. The van der Waals surface area contributed by atoms with Gasteiger partial charge in [0.15, 0.2) is 0 Å². The minimum absolute atomic E-state index is 0.371. The van der Waals surface area contributed by atoms with Crippen LogP contribution in [0.1, 0.15) is 53.9 Å². The van der Waals surface area contributed by atoms with Gasteiger partial charge in [0, 0.05) is 24.7 Å². The van der Waals surface area contributed by atoms with Crippen LogP contribution >= 0.6 is 11.8 Å². The van der Waals surface area contributed by atoms with Crippen molar-refractivity contribution >= 4 is 11.8 Å². The molecule has 0 spiro atoms. The van der Waals surface area contributed by atoms with Crippen molar-refractivity contribution in [3.8, 4) is 0 Å². The number of hydrogen-bond donors (Lipinski definition) is 1. The molecule has 20 heavy (non-hydrogen) atoms. The van der Waals surface area contributed by atoms with E-state index in [0.717, 1.165) is 12.5 Å². The Hall–Kier alpha value is 0.270. The molecule has 0 amide bonds. The maximum atomic E-state index is 3.90. The largest absolute Gasteiger partial charge is 0.308 e. The second kappa shape index (κ2) is 6.58. The molecule has 1 saturated carbocycles. The van der Waals surface area contributed by atoms with E-state index in [4.69, 9.17) is 0 Å². The van der Waals surface area contributed by atoms with E-state index in [-0.39, 0.29) is 0 Å². The predicted molar refractivity (Wildman–Crippen MR) is 91.6 cm³/mol. The lowest BCUT2D eigenvalue weighted by Gasteiger charge is -2.51. The van der Waals surface area contributed by atoms with Gasteiger partial charge in [0.25, 0.3) is 0 Å². The third-order valence-electron chi connectivity index (χ3n) is 5.09. The van der Waals surface area contributed by atoms with Crippen LogP contribution < -0.4 is 5.32 Å². The van der Waals surface area contributed by atoms with Crippen molar-refractivity contribution in [3.05, 3.63) is 0 Å². The lowest BCUT2D eigenvalue weighted by atomic mass is 9.80. The summed E-state index contributed by atoms with van der Waals surface area (Å²) < 4.78 is 0. The summed E-state index contributed by atoms with van der Waals surface area (Å²) in [4.78, 5) is 2.80. The first-order valence-corrected chi connectivity index (χ1v) is 9.59. The van der Waals surface area contributed by atoms with Crippen LogP contribution in [-0.4, -0.2) is 47.6 Å². The lowest BCUT2D eigenvalue weighted by Crippen LogP contribution is -2.66. The summed E-state index contributed by atoms with van der Waals surface area (Å²) in [6.45, 7) is 15.6. The molecule has 0 bridgehead atoms. The maximum absolute atomic E-state index is 3.90. The van der Waals surface area contributed by atoms with E-state index in [2.05, 4.69) is 56.6 Å². The molecular weight excluding hydrogens is 264 g/mol. The van der Waals surface area contributed by atoms with E-state index >= 15 is 0 Å². The number of nitrogens with one attached hydrogen (secondary N) is 1. The van der Waals surface area contributed by atoms with Gasteiger partial charge >= 0.3 is 0 Å². The fourth-order valence-electron chi connectivity index (χ4n) is 3.64. The molecule has 2 unspecified atom stereocenters. The lowest BCUT2D eigenvalue weighted by molar-refractivity contribution is 0.0207. The van der Waals surface area contributed by atoms with Crippen molar-refractivity contribution in [2.24, 2.45) is 11.3 Å². The number of hydrogen-bond acceptors (Lipinski definition) is 3. The van der Waals surface area contributed by atoms with Crippen LogP contribution in [0.3, 0.4) is 0 Å². The number of piperazine rings is 1. The zero-order valence-electron chi connectivity index (χ0n) is 14.2. The number of thioether (sulfide) groups is 1. The van der Waals surface area contributed by atoms with Crippen molar-refractivity contribution < 1.29 is 0 Å². The highest BCUT2D eigenvalue weighted by Gasteiger charge is 2.47. The zero-order chi connectivity index (χ0) is 14.8. The molecule has 1 aliphatic carbocycles. The second-order valence-electron chi connectivity index (χ2n) is 7.98. The molecule has 0 aromatic carbocycles. The van der Waals surface area contributed by atoms with Crippen LogP contribution in [0.15, 0.2) is 0 Å². The second-order valence-corrected chi connectivity index (χ2v) is 9.37. The van der Waals surface area contributed by atoms with Crippen LogP contribution in [0.5, 0.6) is 0 Å². The van der Waals surface area contributed by atoms with Gasteiger partial charge in [0.2, 0.25) is 0 Å². The SMILES string of the molecule is CCSCCCN1CC(C)(C2CC2)NCC1C(C)(C)C. The highest BCUT2D eigenvalue weighted by Crippen LogP contribution is 2.42. The normalized spacial score (nSPS) is 32.5. The zero-order valence-corrected chi connectivity index (χ0v) is 15.0. The van der Waals surface area contributed by atoms with E-state index in [0.29, 0.717) is 17.0 Å². The van der Waals surface area contributed by atoms with E-state index in [1.54, 1.807) is 0 Å². The van der Waals surface area contributed by atoms with Crippen LogP contribution in [-0.2, 0) is 0 Å². The quantitative estimate of drug-likeness (QED) is 0.754. The van der Waals surface area contributed by atoms with Gasteiger partial charge in [-0.15, -0.1) is 0 Å². The van der Waals surface area contributed by atoms with Crippen molar-refractivity contribution in [2.45, 2.75) is 65.5 Å². The summed E-state index contributed by atoms with van der Waals surface area (Å²) in [5, 5.41) is 3.90. The Bertz CT molecular complexity index is 309. The molecule has 2 atom stereocenters. The fourth-order valence-corrected chi connectivity index (χ4v) is 4.27. The van der Waals surface area contributed by atoms with Crippen molar-refractivity contribution in [1.29, 1.82) is 0 Å². The third kappa shape index (κ3) is 4.14. The minimum atomic E-state index is 0.371. The Kier molecular flexibility index (Phi) is 5.47. The number of rotatable bonds is 6. The van der Waals surface area contributed by atoms with Crippen molar-refractivity contribution in [1.82, 2.24) is 10.2 Å². The Labute approximate surface area is 130 Å². The number of nitrogens with zero attached hydrogens (tertiary/aromatic N) is 1. The first-order valence-electron chi connectivity index (χ1n) is 8.43. The molecule has 1 aliphatic heterocycles. The van der Waals surface area contributed by atoms with Gasteiger partial charge in [-0.3, -0.25) is 4.90 Å². The van der Waals surface area contributed by atoms with Crippen molar-refractivity contribution in [3.63, 3.8) is 0 Å². The first kappa shape index (κ1) is 16.6. The molecule has 1 saturated heterocycles. The third-order valence-corrected chi connectivity index (χ3v) is 6.07. The van der Waals surface area contributed by atoms with Gasteiger partial charge in [-0.2, -0.15) is 11.8 Å². The molecule has 2 rings (SSSR count). The van der Waals surface area contributed by atoms with Gasteiger partial charge in [-0.05, 0) is 55.6 Å². The van der Waals surface area contributed by atoms with Gasteiger partial charge in [0.05, 0.1) is 0 Å². The standard InChI is InChI=1S/C17H34N2S/c1-6-20-11-7-10-19-13-17(5,14-8-9-14)18-12-15(19)16(2,3)4/h14-15,18H,6-13H2,1-5H3. The van der Waals surface area contributed by atoms with Crippen LogP contribution in [0.4, 0.5) is 0 Å². The maximum Gasteiger partial charge on any atom is 0.0309 e. The van der Waals surface area contributed by atoms with E-state index in [1.807, 2.05) is 0 Å². The summed E-state index contributed by atoms with van der Waals surface area (Å²) in [6.07, 6.45) is 4.21. The topological polar surface area (TPSA) is 15.3 Å². The molecule has 1 N–H and O–H groups in total. The van der Waals surface area contributed by atoms with Crippen molar-refractivity contribution in [2.75, 3.05) is 31.1 Å². The molecule has 118 valence electrons. The summed E-state index contributed by atoms with van der Waals surface area (Å²) in [5.74, 6) is 3.50. The average molecular weight is 299 g/mol. The molecular formula is C17H34N2S. The van der Waals surface area contributed by atoms with Gasteiger partial charge in [-0.1, -0.05) is 27.7 Å². The molecule has 2 nitrogen and oxygen atoms in total. The first-order chi connectivity index (χ1) is 9.37. The van der Waals surface area contributed by atoms with E-state index < -0.39 is 0 Å². The Morgan fingerprint density at radius 2 is 2.00 bits per heavy atom. The summed E-state index contributed by atoms with van der Waals surface area (Å²) >= 11 is 2.08. The predicted octanol–water partition coefficient (Wildman–Crippen LogP) is 3.62. The van der Waals surface area contributed by atoms with E-state index in [1.165, 1.54) is 43.9 Å². The van der Waals surface area contributed by atoms with Crippen LogP contribution in [0, 0.1) is 11.3 Å². The van der Waals surface area contributed by atoms with E-state index in [9.17, 15) is 0 Å². The summed E-state index contributed by atoms with van der Waals surface area (Å²) in [5.41, 5.74) is 0.745. The fraction of sp³-hybridized carbons (Fsp3) is 1.00. The van der Waals surface area contributed by atoms with Crippen LogP contribution in [0.2, 0.25) is 0 Å². The monoisotopic (exact) mass is 298 g/mol. The molecule has 1 heterocycles. The molecule has 3 heteroatoms. The Morgan fingerprint density at radius 1 is 1.30 bits per heavy atom. The highest BCUT2D eigenvalue weighted by atomic mass is 32.2. The summed E-state index contributed by atoms with van der Waals surface area (Å²) in [7, 11) is 0. The average Bonchev–Trinajstić information content (AvgIpc) is 3.17. The Morgan fingerprint density at radius 3 is 2.55 bits per heavy atom. The minimum Gasteiger partial charge on any atom is -0.308 e. The molecule has 2 aliphatic rings. The Balaban J connectivity index is 1.95. The highest BCUT2D eigenvalue weighted by molar-refractivity contribution is 7.99. The summed E-state index contributed by atoms with van der Waals surface area (Å²) in [6, 6.07) is 0.681. The van der Waals surface area contributed by atoms with Gasteiger partial charge in [-0.25, -0.2) is 0 Å². The molecule has 2 fully saturated rings. The van der Waals surface area contributed by atoms with Gasteiger partial charge in [0.1, 0.15) is 0 Å². The smallest absolute Gasteiger partial charge is 0.0309 e. The molecule has 0 radical (unpaired) electrons. The van der Waals surface area contributed by atoms with Gasteiger partial charge < -0.3 is 5.32 Å². The van der Waals surface area contributed by atoms with Crippen LogP contribution in [0.25, 0.3) is 0 Å².